The molecule has 0 N–H and O–H groups in total. The molecule has 4 heteroatoms. The quantitative estimate of drug-likeness (QED) is 0.791. The molecular weight excluding hydrogens is 264 g/mol. The van der Waals surface area contributed by atoms with Crippen molar-refractivity contribution in [3.63, 3.8) is 0 Å². The summed E-state index contributed by atoms with van der Waals surface area (Å²) in [5.74, 6) is 0.558. The lowest BCUT2D eigenvalue weighted by atomic mass is 10.0. The number of hydrogen-bond donors (Lipinski definition) is 0. The standard InChI is InChI=1S/C17H20N2O2/c1-12(2)21-16-9-14(10-18-11-16)17(20)13-5-7-15(8-6-13)19(3)4/h5-12H,1-4H3. The van der Waals surface area contributed by atoms with Crippen molar-refractivity contribution in [2.24, 2.45) is 0 Å². The van der Waals surface area contributed by atoms with Crippen LogP contribution in [0.1, 0.15) is 29.8 Å². The Balaban J connectivity index is 2.23. The van der Waals surface area contributed by atoms with Gasteiger partial charge in [0.25, 0.3) is 0 Å². The number of ether oxygens (including phenoxy) is 1. The van der Waals surface area contributed by atoms with Crippen LogP contribution >= 0.6 is 0 Å². The average molecular weight is 284 g/mol. The number of pyridine rings is 1. The van der Waals surface area contributed by atoms with Crippen LogP contribution in [0.3, 0.4) is 0 Å². The van der Waals surface area contributed by atoms with E-state index < -0.39 is 0 Å². The maximum Gasteiger partial charge on any atom is 0.194 e. The van der Waals surface area contributed by atoms with Crippen molar-refractivity contribution in [3.8, 4) is 5.75 Å². The molecule has 0 amide bonds. The number of hydrogen-bond acceptors (Lipinski definition) is 4. The first-order valence-corrected chi connectivity index (χ1v) is 6.91. The summed E-state index contributed by atoms with van der Waals surface area (Å²) in [5.41, 5.74) is 2.23. The van der Waals surface area contributed by atoms with E-state index in [1.165, 1.54) is 0 Å². The molecule has 0 saturated heterocycles. The fraction of sp³-hybridized carbons (Fsp3) is 0.294. The molecule has 0 spiro atoms. The molecule has 4 nitrogen and oxygen atoms in total. The average Bonchev–Trinajstić information content (AvgIpc) is 2.46. The predicted molar refractivity (Wildman–Crippen MR) is 84.2 cm³/mol. The minimum atomic E-state index is -0.0537. The van der Waals surface area contributed by atoms with Gasteiger partial charge in [-0.1, -0.05) is 0 Å². The molecule has 0 fully saturated rings. The van der Waals surface area contributed by atoms with Gasteiger partial charge >= 0.3 is 0 Å². The molecule has 1 aromatic heterocycles. The second kappa shape index (κ2) is 6.39. The largest absolute Gasteiger partial charge is 0.489 e. The third-order valence-electron chi connectivity index (χ3n) is 2.99. The van der Waals surface area contributed by atoms with E-state index in [0.29, 0.717) is 16.9 Å². The van der Waals surface area contributed by atoms with E-state index in [2.05, 4.69) is 4.98 Å². The van der Waals surface area contributed by atoms with E-state index in [1.54, 1.807) is 18.5 Å². The molecule has 0 atom stereocenters. The van der Waals surface area contributed by atoms with Crippen LogP contribution in [0.15, 0.2) is 42.7 Å². The van der Waals surface area contributed by atoms with Gasteiger partial charge in [-0.15, -0.1) is 0 Å². The van der Waals surface area contributed by atoms with Gasteiger partial charge in [0.2, 0.25) is 0 Å². The number of ketones is 1. The maximum atomic E-state index is 12.5. The Kier molecular flexibility index (Phi) is 4.58. The molecule has 0 saturated carbocycles. The molecule has 1 heterocycles. The van der Waals surface area contributed by atoms with Crippen molar-refractivity contribution < 1.29 is 9.53 Å². The molecule has 21 heavy (non-hydrogen) atoms. The van der Waals surface area contributed by atoms with Gasteiger partial charge in [0.1, 0.15) is 5.75 Å². The molecular formula is C17H20N2O2. The Morgan fingerprint density at radius 3 is 2.33 bits per heavy atom. The van der Waals surface area contributed by atoms with Crippen molar-refractivity contribution in [1.82, 2.24) is 4.98 Å². The zero-order valence-electron chi connectivity index (χ0n) is 12.8. The number of carbonyl (C=O) groups is 1. The van der Waals surface area contributed by atoms with Gasteiger partial charge < -0.3 is 9.64 Å². The van der Waals surface area contributed by atoms with Gasteiger partial charge in [0, 0.05) is 37.1 Å². The summed E-state index contributed by atoms with van der Waals surface area (Å²) < 4.78 is 5.57. The third kappa shape index (κ3) is 3.81. The highest BCUT2D eigenvalue weighted by molar-refractivity contribution is 6.09. The van der Waals surface area contributed by atoms with Gasteiger partial charge in [0.05, 0.1) is 12.3 Å². The van der Waals surface area contributed by atoms with Crippen LogP contribution in [0.4, 0.5) is 5.69 Å². The third-order valence-corrected chi connectivity index (χ3v) is 2.99. The van der Waals surface area contributed by atoms with Gasteiger partial charge in [-0.3, -0.25) is 9.78 Å². The lowest BCUT2D eigenvalue weighted by molar-refractivity contribution is 0.103. The number of rotatable bonds is 5. The normalized spacial score (nSPS) is 10.5. The van der Waals surface area contributed by atoms with Crippen LogP contribution in [-0.4, -0.2) is 31.0 Å². The molecule has 0 bridgehead atoms. The topological polar surface area (TPSA) is 42.4 Å². The van der Waals surface area contributed by atoms with Gasteiger partial charge in [0.15, 0.2) is 5.78 Å². The van der Waals surface area contributed by atoms with Crippen molar-refractivity contribution in [1.29, 1.82) is 0 Å². The van der Waals surface area contributed by atoms with Crippen molar-refractivity contribution in [2.75, 3.05) is 19.0 Å². The first-order valence-electron chi connectivity index (χ1n) is 6.91. The molecule has 0 aliphatic rings. The van der Waals surface area contributed by atoms with Crippen molar-refractivity contribution >= 4 is 11.5 Å². The van der Waals surface area contributed by atoms with E-state index in [1.807, 2.05) is 57.1 Å². The number of anilines is 1. The highest BCUT2D eigenvalue weighted by Gasteiger charge is 2.11. The molecule has 0 aliphatic heterocycles. The van der Waals surface area contributed by atoms with Crippen molar-refractivity contribution in [2.45, 2.75) is 20.0 Å². The molecule has 2 rings (SSSR count). The fourth-order valence-corrected chi connectivity index (χ4v) is 1.96. The fourth-order valence-electron chi connectivity index (χ4n) is 1.96. The van der Waals surface area contributed by atoms with E-state index in [-0.39, 0.29) is 11.9 Å². The maximum absolute atomic E-state index is 12.5. The smallest absolute Gasteiger partial charge is 0.194 e. The Morgan fingerprint density at radius 1 is 1.10 bits per heavy atom. The van der Waals surface area contributed by atoms with Gasteiger partial charge in [-0.05, 0) is 44.2 Å². The minimum Gasteiger partial charge on any atom is -0.489 e. The summed E-state index contributed by atoms with van der Waals surface area (Å²) in [7, 11) is 3.93. The predicted octanol–water partition coefficient (Wildman–Crippen LogP) is 3.17. The van der Waals surface area contributed by atoms with Crippen LogP contribution in [0.2, 0.25) is 0 Å². The van der Waals surface area contributed by atoms with Crippen LogP contribution in [0.25, 0.3) is 0 Å². The monoisotopic (exact) mass is 284 g/mol. The summed E-state index contributed by atoms with van der Waals surface area (Å²) in [6.07, 6.45) is 3.23. The van der Waals surface area contributed by atoms with Gasteiger partial charge in [-0.25, -0.2) is 0 Å². The molecule has 0 aliphatic carbocycles. The first kappa shape index (κ1) is 15.0. The Bertz CT molecular complexity index is 619. The van der Waals surface area contributed by atoms with Crippen LogP contribution in [0.5, 0.6) is 5.75 Å². The van der Waals surface area contributed by atoms with Gasteiger partial charge in [-0.2, -0.15) is 0 Å². The highest BCUT2D eigenvalue weighted by Crippen LogP contribution is 2.18. The summed E-state index contributed by atoms with van der Waals surface area (Å²) in [4.78, 5) is 18.5. The molecule has 2 aromatic rings. The lowest BCUT2D eigenvalue weighted by Crippen LogP contribution is -2.09. The zero-order chi connectivity index (χ0) is 15.4. The lowest BCUT2D eigenvalue weighted by Gasteiger charge is -2.12. The van der Waals surface area contributed by atoms with Crippen LogP contribution < -0.4 is 9.64 Å². The summed E-state index contributed by atoms with van der Waals surface area (Å²) in [6.45, 7) is 3.88. The number of nitrogens with zero attached hydrogens (tertiary/aromatic N) is 2. The number of carbonyl (C=O) groups excluding carboxylic acids is 1. The van der Waals surface area contributed by atoms with Crippen molar-refractivity contribution in [3.05, 3.63) is 53.9 Å². The second-order valence-electron chi connectivity index (χ2n) is 5.35. The van der Waals surface area contributed by atoms with Crippen LogP contribution in [0, 0.1) is 0 Å². The molecule has 110 valence electrons. The number of benzene rings is 1. The summed E-state index contributed by atoms with van der Waals surface area (Å²) in [6, 6.07) is 9.24. The summed E-state index contributed by atoms with van der Waals surface area (Å²) >= 11 is 0. The van der Waals surface area contributed by atoms with E-state index in [0.717, 1.165) is 5.69 Å². The SMILES string of the molecule is CC(C)Oc1cncc(C(=O)c2ccc(N(C)C)cc2)c1. The summed E-state index contributed by atoms with van der Waals surface area (Å²) in [5, 5.41) is 0. The Hall–Kier alpha value is -2.36. The zero-order valence-corrected chi connectivity index (χ0v) is 12.8. The second-order valence-corrected chi connectivity index (χ2v) is 5.35. The van der Waals surface area contributed by atoms with E-state index in [4.69, 9.17) is 4.74 Å². The number of aromatic nitrogens is 1. The Morgan fingerprint density at radius 2 is 1.76 bits per heavy atom. The van der Waals surface area contributed by atoms with Crippen LogP contribution in [-0.2, 0) is 0 Å². The van der Waals surface area contributed by atoms with E-state index in [9.17, 15) is 4.79 Å². The molecule has 1 aromatic carbocycles. The minimum absolute atomic E-state index is 0.0523. The van der Waals surface area contributed by atoms with E-state index >= 15 is 0 Å². The molecule has 0 unspecified atom stereocenters. The highest BCUT2D eigenvalue weighted by atomic mass is 16.5. The molecule has 0 radical (unpaired) electrons. The Labute approximate surface area is 125 Å². The first-order chi connectivity index (χ1) is 9.97.